The van der Waals surface area contributed by atoms with Crippen LogP contribution in [0, 0.1) is 0 Å². The van der Waals surface area contributed by atoms with Gasteiger partial charge < -0.3 is 11.6 Å². The Morgan fingerprint density at radius 2 is 1.00 bits per heavy atom. The molecular weight excluding hydrogens is 92.4 g/mol. The number of halogens is 1. The van der Waals surface area contributed by atoms with Gasteiger partial charge in [-0.1, -0.05) is 0 Å². The third-order valence-electron chi connectivity index (χ3n) is 0. The van der Waals surface area contributed by atoms with E-state index < -0.39 is 0 Å². The highest BCUT2D eigenvalue weighted by molar-refractivity contribution is 5.85. The van der Waals surface area contributed by atoms with Crippen molar-refractivity contribution in [3.8, 4) is 0 Å². The van der Waals surface area contributed by atoms with Crippen LogP contribution < -0.4 is 6.15 Å². The molecule has 4 heavy (non-hydrogen) atoms. The van der Waals surface area contributed by atoms with Crippen LogP contribution >= 0.6 is 12.4 Å². The quantitative estimate of drug-likeness (QED) is 0.374. The molecule has 0 unspecified atom stereocenters. The summed E-state index contributed by atoms with van der Waals surface area (Å²) in [4.78, 5) is 0. The largest absolute Gasteiger partial charge is 0.412 e. The van der Waals surface area contributed by atoms with E-state index in [4.69, 9.17) is 0 Å². The lowest BCUT2D eigenvalue weighted by Gasteiger charge is -0.412. The second-order valence-corrected chi connectivity index (χ2v) is 0. The van der Waals surface area contributed by atoms with Crippen molar-refractivity contribution in [2.75, 3.05) is 0 Å². The Balaban J connectivity index is 0. The van der Waals surface area contributed by atoms with Crippen molar-refractivity contribution in [1.29, 1.82) is 0 Å². The number of hydrogen-bond acceptors (Lipinski definition) is 1. The molecule has 0 amide bonds. The molecule has 0 aliphatic rings. The molecule has 0 heterocycles. The van der Waals surface area contributed by atoms with Gasteiger partial charge in [0.05, 0.1) is 0 Å². The summed E-state index contributed by atoms with van der Waals surface area (Å²) in [5, 5.41) is 0. The Bertz CT molecular complexity index is 8.00. The Kier molecular flexibility index (Phi) is 1540. The summed E-state index contributed by atoms with van der Waals surface area (Å²) in [5.74, 6) is 0. The van der Waals surface area contributed by atoms with E-state index in [1.165, 1.54) is 0 Å². The van der Waals surface area contributed by atoms with Crippen molar-refractivity contribution < 1.29 is 5.48 Å². The molecule has 0 saturated carbocycles. The highest BCUT2D eigenvalue weighted by atomic mass is 35.5. The first-order valence-electron chi connectivity index (χ1n) is 0. The van der Waals surface area contributed by atoms with E-state index in [0.29, 0.717) is 0 Å². The van der Waals surface area contributed by atoms with Crippen molar-refractivity contribution in [3.05, 3.63) is 0 Å². The van der Waals surface area contributed by atoms with Crippen molar-refractivity contribution in [1.82, 2.24) is 6.15 Å². The smallest absolute Gasteiger partial charge is 0.187 e. The maximum atomic E-state index is 0. The minimum atomic E-state index is 0. The molecule has 0 atom stereocenters. The van der Waals surface area contributed by atoms with Gasteiger partial charge in [-0.05, 0) is 0 Å². The van der Waals surface area contributed by atoms with Crippen LogP contribution in [0.4, 0.5) is 0 Å². The second-order valence-electron chi connectivity index (χ2n) is 0. The van der Waals surface area contributed by atoms with Gasteiger partial charge in [-0.3, -0.25) is 0 Å². The molecule has 0 aliphatic carbocycles. The van der Waals surface area contributed by atoms with Crippen LogP contribution in [0.3, 0.4) is 0 Å². The van der Waals surface area contributed by atoms with E-state index >= 15 is 0 Å². The Morgan fingerprint density at radius 1 is 1.00 bits per heavy atom. The van der Waals surface area contributed by atoms with Crippen molar-refractivity contribution >= 4 is 29.8 Å². The van der Waals surface area contributed by atoms with Crippen molar-refractivity contribution in [2.45, 2.75) is 0 Å². The monoisotopic (exact) mass is 101 g/mol. The van der Waals surface area contributed by atoms with Crippen LogP contribution in [0.15, 0.2) is 0 Å². The fourth-order valence-electron chi connectivity index (χ4n) is 0. The van der Waals surface area contributed by atoms with Gasteiger partial charge in [0.1, 0.15) is 0 Å². The van der Waals surface area contributed by atoms with Crippen LogP contribution in [-0.4, -0.2) is 22.8 Å². The van der Waals surface area contributed by atoms with Gasteiger partial charge in [0.15, 0.2) is 17.4 Å². The lowest BCUT2D eigenvalue weighted by molar-refractivity contribution is 0.824. The molecule has 2 nitrogen and oxygen atoms in total. The Morgan fingerprint density at radius 3 is 1.00 bits per heavy atom. The molecule has 0 bridgehead atoms. The lowest BCUT2D eigenvalue weighted by Crippen LogP contribution is -0.481. The summed E-state index contributed by atoms with van der Waals surface area (Å²) in [6.07, 6.45) is 0. The van der Waals surface area contributed by atoms with E-state index in [0.717, 1.165) is 0 Å². The number of rotatable bonds is 0. The van der Waals surface area contributed by atoms with Gasteiger partial charge in [0, 0.05) is 0 Å². The van der Waals surface area contributed by atoms with Crippen LogP contribution in [0.25, 0.3) is 0 Å². The molecule has 0 aromatic carbocycles. The standard InChI is InChI=1S/Al.ClH.H3N.H2O.3H/h;1H;1H3;1H2;;;. The first-order valence-corrected chi connectivity index (χ1v) is 0. The number of hydrogen-bond donors (Lipinski definition) is 1. The summed E-state index contributed by atoms with van der Waals surface area (Å²) < 4.78 is 0. The van der Waals surface area contributed by atoms with Gasteiger partial charge in [0.25, 0.3) is 0 Å². The summed E-state index contributed by atoms with van der Waals surface area (Å²) in [7, 11) is 0. The third kappa shape index (κ3) is 15.1. The third-order valence-corrected chi connectivity index (χ3v) is 0. The molecular formula is H9AlClNO. The predicted molar refractivity (Wildman–Crippen MR) is 25.8 cm³/mol. The van der Waals surface area contributed by atoms with Crippen LogP contribution in [0.2, 0.25) is 0 Å². The van der Waals surface area contributed by atoms with Crippen molar-refractivity contribution in [3.63, 3.8) is 0 Å². The molecule has 0 aromatic heterocycles. The van der Waals surface area contributed by atoms with Crippen LogP contribution in [0.5, 0.6) is 0 Å². The minimum Gasteiger partial charge on any atom is -0.412 e. The molecule has 0 radical (unpaired) electrons. The van der Waals surface area contributed by atoms with E-state index in [1.54, 1.807) is 0 Å². The zero-order chi connectivity index (χ0) is 0. The Hall–Kier alpha value is 0.742. The van der Waals surface area contributed by atoms with Crippen LogP contribution in [0.1, 0.15) is 0 Å². The molecule has 5 N–H and O–H groups in total. The molecule has 4 heteroatoms. The minimum absolute atomic E-state index is 0. The van der Waals surface area contributed by atoms with E-state index in [1.807, 2.05) is 0 Å². The predicted octanol–water partition coefficient (Wildman–Crippen LogP) is -1.42. The molecule has 0 aromatic rings. The zero-order valence-corrected chi connectivity index (χ0v) is 2.43. The summed E-state index contributed by atoms with van der Waals surface area (Å²) in [6.45, 7) is 0. The molecule has 0 spiro atoms. The highest BCUT2D eigenvalue weighted by Crippen LogP contribution is 0.690. The molecule has 0 rings (SSSR count). The van der Waals surface area contributed by atoms with Gasteiger partial charge in [-0.2, -0.15) is 0 Å². The molecule has 0 aliphatic heterocycles. The van der Waals surface area contributed by atoms with E-state index in [2.05, 4.69) is 0 Å². The topological polar surface area (TPSA) is 66.5 Å². The maximum Gasteiger partial charge on any atom is 0.187 e. The molecule has 0 saturated heterocycles. The second kappa shape index (κ2) is 51.1. The van der Waals surface area contributed by atoms with Gasteiger partial charge in [-0.15, -0.1) is 12.4 Å². The first-order chi connectivity index (χ1) is 0. The molecule has 0 fully saturated rings. The average Bonchev–Trinajstić information content (AvgIpc) is 0. The van der Waals surface area contributed by atoms with Gasteiger partial charge in [-0.25, -0.2) is 0 Å². The fraction of sp³-hybridized carbons (Fsp3) is 0. The molecule has 30 valence electrons. The normalized spacial score (nSPS) is 0. The van der Waals surface area contributed by atoms with E-state index in [9.17, 15) is 0 Å². The lowest BCUT2D eigenvalue weighted by atomic mass is 14.0. The fourth-order valence-corrected chi connectivity index (χ4v) is 0. The summed E-state index contributed by atoms with van der Waals surface area (Å²) in [5.41, 5.74) is 0. The maximum absolute atomic E-state index is 0. The first kappa shape index (κ1) is 120. The van der Waals surface area contributed by atoms with E-state index in [-0.39, 0.29) is 41.4 Å². The average molecular weight is 102 g/mol. The van der Waals surface area contributed by atoms with Crippen molar-refractivity contribution in [2.24, 2.45) is 0 Å². The SMILES string of the molecule is Cl.N.O.[AlH3]. The Labute approximate surface area is 42.0 Å². The zero-order valence-electron chi connectivity index (χ0n) is 1.62. The van der Waals surface area contributed by atoms with Gasteiger partial charge >= 0.3 is 0 Å². The van der Waals surface area contributed by atoms with Gasteiger partial charge in [0.2, 0.25) is 0 Å². The van der Waals surface area contributed by atoms with Crippen LogP contribution in [-0.2, 0) is 0 Å². The highest BCUT2D eigenvalue weighted by Gasteiger charge is 0.187. The summed E-state index contributed by atoms with van der Waals surface area (Å²) >= 11 is 0. The summed E-state index contributed by atoms with van der Waals surface area (Å²) in [6, 6.07) is 0.